The Bertz CT molecular complexity index is 274. The summed E-state index contributed by atoms with van der Waals surface area (Å²) >= 11 is 8.81. The van der Waals surface area contributed by atoms with Gasteiger partial charge in [-0.3, -0.25) is 0 Å². The fourth-order valence-electron chi connectivity index (χ4n) is 1.20. The third kappa shape index (κ3) is 3.05. The van der Waals surface area contributed by atoms with Crippen molar-refractivity contribution < 1.29 is 0 Å². The number of hydrogen-bond donors (Lipinski definition) is 1. The van der Waals surface area contributed by atoms with Crippen molar-refractivity contribution in [2.24, 2.45) is 0 Å². The molecule has 1 saturated carbocycles. The molecule has 1 heterocycles. The summed E-state index contributed by atoms with van der Waals surface area (Å²) in [5.74, 6) is 0. The summed E-state index contributed by atoms with van der Waals surface area (Å²) in [7, 11) is 0. The van der Waals surface area contributed by atoms with Crippen molar-refractivity contribution in [1.29, 1.82) is 0 Å². The Morgan fingerprint density at radius 3 is 2.77 bits per heavy atom. The fourth-order valence-corrected chi connectivity index (χ4v) is 3.38. The second kappa shape index (κ2) is 4.43. The third-order valence-electron chi connectivity index (χ3n) is 2.08. The van der Waals surface area contributed by atoms with Gasteiger partial charge in [0.15, 0.2) is 0 Å². The van der Waals surface area contributed by atoms with Crippen molar-refractivity contribution in [3.63, 3.8) is 0 Å². The van der Waals surface area contributed by atoms with Gasteiger partial charge in [-0.15, -0.1) is 11.3 Å². The molecule has 1 aromatic rings. The van der Waals surface area contributed by atoms with Crippen LogP contribution < -0.4 is 5.32 Å². The SMILES string of the molecule is Brc1cc(CCNC2CC2)sc1Br. The molecule has 0 amide bonds. The lowest BCUT2D eigenvalue weighted by Gasteiger charge is -1.98. The standard InChI is InChI=1S/C9H11Br2NS/c10-8-5-7(13-9(8)11)3-4-12-6-1-2-6/h5-6,12H,1-4H2. The zero-order chi connectivity index (χ0) is 9.26. The molecule has 0 spiro atoms. The van der Waals surface area contributed by atoms with Crippen LogP contribution in [0.15, 0.2) is 14.3 Å². The first-order valence-corrected chi connectivity index (χ1v) is 6.83. The van der Waals surface area contributed by atoms with Gasteiger partial charge in [0.2, 0.25) is 0 Å². The third-order valence-corrected chi connectivity index (χ3v) is 5.39. The summed E-state index contributed by atoms with van der Waals surface area (Å²) in [6, 6.07) is 3.02. The Kier molecular flexibility index (Phi) is 3.46. The lowest BCUT2D eigenvalue weighted by Crippen LogP contribution is -2.18. The average Bonchev–Trinajstić information content (AvgIpc) is 2.82. The molecule has 0 saturated heterocycles. The van der Waals surface area contributed by atoms with E-state index in [2.05, 4.69) is 43.2 Å². The van der Waals surface area contributed by atoms with Crippen LogP contribution in [0.3, 0.4) is 0 Å². The minimum Gasteiger partial charge on any atom is -0.314 e. The Balaban J connectivity index is 1.79. The lowest BCUT2D eigenvalue weighted by molar-refractivity contribution is 0.685. The van der Waals surface area contributed by atoms with Crippen LogP contribution in [-0.4, -0.2) is 12.6 Å². The topological polar surface area (TPSA) is 12.0 Å². The second-order valence-electron chi connectivity index (χ2n) is 3.31. The van der Waals surface area contributed by atoms with Gasteiger partial charge in [0.1, 0.15) is 0 Å². The van der Waals surface area contributed by atoms with Gasteiger partial charge >= 0.3 is 0 Å². The molecule has 13 heavy (non-hydrogen) atoms. The predicted octanol–water partition coefficient (Wildman–Crippen LogP) is 3.57. The first kappa shape index (κ1) is 10.1. The number of halogens is 2. The molecular weight excluding hydrogens is 314 g/mol. The van der Waals surface area contributed by atoms with E-state index in [1.165, 1.54) is 26.0 Å². The van der Waals surface area contributed by atoms with E-state index in [-0.39, 0.29) is 0 Å². The van der Waals surface area contributed by atoms with E-state index in [9.17, 15) is 0 Å². The van der Waals surface area contributed by atoms with Crippen molar-refractivity contribution in [2.45, 2.75) is 25.3 Å². The average molecular weight is 325 g/mol. The van der Waals surface area contributed by atoms with Crippen molar-refractivity contribution in [2.75, 3.05) is 6.54 Å². The van der Waals surface area contributed by atoms with Gasteiger partial charge in [0, 0.05) is 21.9 Å². The van der Waals surface area contributed by atoms with Gasteiger partial charge in [-0.1, -0.05) is 0 Å². The van der Waals surface area contributed by atoms with Crippen molar-refractivity contribution in [1.82, 2.24) is 5.32 Å². The smallest absolute Gasteiger partial charge is 0.0843 e. The van der Waals surface area contributed by atoms with E-state index in [1.807, 2.05) is 11.3 Å². The van der Waals surface area contributed by atoms with Gasteiger partial charge < -0.3 is 5.32 Å². The van der Waals surface area contributed by atoms with Crippen LogP contribution in [0.2, 0.25) is 0 Å². The normalized spacial score (nSPS) is 16.5. The van der Waals surface area contributed by atoms with E-state index < -0.39 is 0 Å². The molecule has 1 aliphatic carbocycles. The number of thiophene rings is 1. The maximum atomic E-state index is 3.51. The number of nitrogens with one attached hydrogen (secondary N) is 1. The highest BCUT2D eigenvalue weighted by Crippen LogP contribution is 2.32. The van der Waals surface area contributed by atoms with Crippen LogP contribution in [0.5, 0.6) is 0 Å². The van der Waals surface area contributed by atoms with Crippen LogP contribution in [0, 0.1) is 0 Å². The molecule has 0 bridgehead atoms. The Labute approximate surface area is 99.2 Å². The van der Waals surface area contributed by atoms with Gasteiger partial charge in [-0.05, 0) is 57.2 Å². The summed E-state index contributed by atoms with van der Waals surface area (Å²) < 4.78 is 2.38. The monoisotopic (exact) mass is 323 g/mol. The highest BCUT2D eigenvalue weighted by Gasteiger charge is 2.19. The Morgan fingerprint density at radius 2 is 2.23 bits per heavy atom. The van der Waals surface area contributed by atoms with Crippen LogP contribution in [-0.2, 0) is 6.42 Å². The molecule has 0 unspecified atom stereocenters. The zero-order valence-corrected chi connectivity index (χ0v) is 11.1. The molecule has 0 aromatic carbocycles. The maximum Gasteiger partial charge on any atom is 0.0843 e. The van der Waals surface area contributed by atoms with Gasteiger partial charge in [0.25, 0.3) is 0 Å². The van der Waals surface area contributed by atoms with E-state index >= 15 is 0 Å². The van der Waals surface area contributed by atoms with E-state index in [1.54, 1.807) is 0 Å². The van der Waals surface area contributed by atoms with Crippen molar-refractivity contribution in [3.05, 3.63) is 19.2 Å². The van der Waals surface area contributed by atoms with Crippen molar-refractivity contribution >= 4 is 43.2 Å². The molecule has 0 radical (unpaired) electrons. The molecular formula is C9H11Br2NS. The lowest BCUT2D eigenvalue weighted by atomic mass is 10.3. The minimum absolute atomic E-state index is 0.826. The van der Waals surface area contributed by atoms with Crippen LogP contribution >= 0.6 is 43.2 Å². The molecule has 4 heteroatoms. The Morgan fingerprint density at radius 1 is 1.46 bits per heavy atom. The zero-order valence-electron chi connectivity index (χ0n) is 7.15. The largest absolute Gasteiger partial charge is 0.314 e. The first-order valence-electron chi connectivity index (χ1n) is 4.43. The van der Waals surface area contributed by atoms with Gasteiger partial charge in [0.05, 0.1) is 3.79 Å². The van der Waals surface area contributed by atoms with Crippen LogP contribution in [0.1, 0.15) is 17.7 Å². The summed E-state index contributed by atoms with van der Waals surface area (Å²) in [6.45, 7) is 1.12. The number of rotatable bonds is 4. The van der Waals surface area contributed by atoms with Gasteiger partial charge in [-0.2, -0.15) is 0 Å². The predicted molar refractivity (Wildman–Crippen MR) is 64.4 cm³/mol. The quantitative estimate of drug-likeness (QED) is 0.892. The molecule has 1 aliphatic rings. The van der Waals surface area contributed by atoms with Crippen molar-refractivity contribution in [3.8, 4) is 0 Å². The highest BCUT2D eigenvalue weighted by molar-refractivity contribution is 9.13. The summed E-state index contributed by atoms with van der Waals surface area (Å²) in [4.78, 5) is 1.44. The summed E-state index contributed by atoms with van der Waals surface area (Å²) in [5, 5.41) is 3.51. The molecule has 1 aromatic heterocycles. The molecule has 1 N–H and O–H groups in total. The van der Waals surface area contributed by atoms with Crippen LogP contribution in [0.4, 0.5) is 0 Å². The molecule has 72 valence electrons. The molecule has 0 atom stereocenters. The molecule has 1 nitrogen and oxygen atoms in total. The Hall–Kier alpha value is 0.620. The summed E-state index contributed by atoms with van der Waals surface area (Å²) in [5.41, 5.74) is 0. The molecule has 1 fully saturated rings. The maximum absolute atomic E-state index is 3.51. The molecule has 0 aliphatic heterocycles. The van der Waals surface area contributed by atoms with Crippen LogP contribution in [0.25, 0.3) is 0 Å². The fraction of sp³-hybridized carbons (Fsp3) is 0.556. The minimum atomic E-state index is 0.826. The second-order valence-corrected chi connectivity index (χ2v) is 6.62. The highest BCUT2D eigenvalue weighted by atomic mass is 79.9. The van der Waals surface area contributed by atoms with Gasteiger partial charge in [-0.25, -0.2) is 0 Å². The van der Waals surface area contributed by atoms with E-state index in [0.717, 1.165) is 19.0 Å². The first-order chi connectivity index (χ1) is 6.25. The van der Waals surface area contributed by atoms with E-state index in [4.69, 9.17) is 0 Å². The summed E-state index contributed by atoms with van der Waals surface area (Å²) in [6.07, 6.45) is 3.89. The van der Waals surface area contributed by atoms with E-state index in [0.29, 0.717) is 0 Å². The molecule has 2 rings (SSSR count). The number of hydrogen-bond acceptors (Lipinski definition) is 2.